The summed E-state index contributed by atoms with van der Waals surface area (Å²) in [5.74, 6) is 0.871. The molecule has 3 unspecified atom stereocenters. The van der Waals surface area contributed by atoms with Crippen LogP contribution in [0.15, 0.2) is 12.1 Å². The fourth-order valence-electron chi connectivity index (χ4n) is 5.83. The molecule has 7 nitrogen and oxygen atoms in total. The van der Waals surface area contributed by atoms with E-state index in [4.69, 9.17) is 9.29 Å². The Morgan fingerprint density at radius 2 is 1.96 bits per heavy atom. The highest BCUT2D eigenvalue weighted by atomic mass is 32.3. The van der Waals surface area contributed by atoms with Crippen LogP contribution in [-0.2, 0) is 26.4 Å². The van der Waals surface area contributed by atoms with Crippen molar-refractivity contribution >= 4 is 22.2 Å². The number of aryl methyl sites for hydroxylation is 1. The van der Waals surface area contributed by atoms with Gasteiger partial charge in [-0.2, -0.15) is 8.42 Å². The Kier molecular flexibility index (Phi) is 4.54. The fourth-order valence-corrected chi connectivity index (χ4v) is 6.17. The third kappa shape index (κ3) is 3.22. The van der Waals surface area contributed by atoms with Crippen molar-refractivity contribution < 1.29 is 31.5 Å². The molecule has 0 aromatic heterocycles. The number of carbonyl (C=O) groups excluding carboxylic acids is 2. The zero-order valence-electron chi connectivity index (χ0n) is 15.9. The van der Waals surface area contributed by atoms with E-state index >= 15 is 0 Å². The van der Waals surface area contributed by atoms with Crippen molar-refractivity contribution in [2.24, 2.45) is 17.3 Å². The highest BCUT2D eigenvalue weighted by Crippen LogP contribution is 2.60. The van der Waals surface area contributed by atoms with E-state index in [0.29, 0.717) is 30.5 Å². The third-order valence-corrected chi connectivity index (χ3v) is 7.32. The molecule has 0 radical (unpaired) electrons. The quantitative estimate of drug-likeness (QED) is 0.465. The number of ether oxygens (including phenoxy) is 1. The van der Waals surface area contributed by atoms with Crippen molar-refractivity contribution in [1.82, 2.24) is 0 Å². The molecule has 3 aliphatic carbocycles. The first-order chi connectivity index (χ1) is 13.1. The summed E-state index contributed by atoms with van der Waals surface area (Å²) in [4.78, 5) is 24.1. The average Bonchev–Trinajstić information content (AvgIpc) is 2.87. The van der Waals surface area contributed by atoms with E-state index in [0.717, 1.165) is 36.8 Å². The second-order valence-electron chi connectivity index (χ2n) is 8.43. The largest absolute Gasteiger partial charge is 0.446 e. The lowest BCUT2D eigenvalue weighted by molar-refractivity contribution is -0.132. The van der Waals surface area contributed by atoms with Gasteiger partial charge in [0.05, 0.1) is 0 Å². The molecule has 0 heterocycles. The second-order valence-corrected chi connectivity index (χ2v) is 9.45. The molecule has 2 fully saturated rings. The van der Waals surface area contributed by atoms with Crippen LogP contribution < -0.4 is 8.92 Å². The minimum absolute atomic E-state index is 0.0763. The van der Waals surface area contributed by atoms with Gasteiger partial charge in [-0.05, 0) is 61.5 Å². The van der Waals surface area contributed by atoms with Crippen molar-refractivity contribution in [3.05, 3.63) is 23.3 Å². The Morgan fingerprint density at radius 1 is 1.21 bits per heavy atom. The van der Waals surface area contributed by atoms with Gasteiger partial charge in [-0.15, -0.1) is 0 Å². The van der Waals surface area contributed by atoms with Crippen molar-refractivity contribution in [2.75, 3.05) is 0 Å². The Labute approximate surface area is 164 Å². The Hall–Kier alpha value is -1.93. The van der Waals surface area contributed by atoms with Gasteiger partial charge in [-0.25, -0.2) is 0 Å². The summed E-state index contributed by atoms with van der Waals surface area (Å²) in [6.45, 7) is 3.38. The average molecular weight is 408 g/mol. The summed E-state index contributed by atoms with van der Waals surface area (Å²) in [7, 11) is -4.68. The SMILES string of the molecule is CC(=O)Oc1cc(OS(=O)(=O)O)cc2c1C1CC[C@]3(C)C(=O)CCC3C1CC2. The number of rotatable bonds is 3. The first-order valence-electron chi connectivity index (χ1n) is 9.64. The number of fused-ring (bicyclic) bond motifs is 5. The summed E-state index contributed by atoms with van der Waals surface area (Å²) >= 11 is 0. The van der Waals surface area contributed by atoms with E-state index < -0.39 is 16.4 Å². The van der Waals surface area contributed by atoms with Crippen LogP contribution in [0.3, 0.4) is 0 Å². The van der Waals surface area contributed by atoms with Crippen LogP contribution in [0.2, 0.25) is 0 Å². The molecule has 28 heavy (non-hydrogen) atoms. The Morgan fingerprint density at radius 3 is 2.64 bits per heavy atom. The van der Waals surface area contributed by atoms with Crippen molar-refractivity contribution in [1.29, 1.82) is 0 Å². The maximum atomic E-state index is 12.5. The van der Waals surface area contributed by atoms with Gasteiger partial charge in [0, 0.05) is 30.4 Å². The van der Waals surface area contributed by atoms with Gasteiger partial charge in [-0.3, -0.25) is 14.1 Å². The molecule has 1 aromatic carbocycles. The predicted molar refractivity (Wildman–Crippen MR) is 99.6 cm³/mol. The Bertz CT molecular complexity index is 952. The van der Waals surface area contributed by atoms with Crippen molar-refractivity contribution in [3.63, 3.8) is 0 Å². The standard InChI is InChI=1S/C20H24O7S/c1-11(21)26-17-10-13(27-28(23,24)25)9-12-3-4-14-15(19(12)17)7-8-20(2)16(14)5-6-18(20)22/h9-10,14-16H,3-8H2,1-2H3,(H,23,24,25)/t14?,15?,16?,20-/m0/s1. The molecule has 1 N–H and O–H groups in total. The van der Waals surface area contributed by atoms with E-state index in [2.05, 4.69) is 11.1 Å². The lowest BCUT2D eigenvalue weighted by atomic mass is 9.55. The molecule has 0 bridgehead atoms. The van der Waals surface area contributed by atoms with Gasteiger partial charge in [-0.1, -0.05) is 6.92 Å². The number of carbonyl (C=O) groups is 2. The number of esters is 1. The van der Waals surface area contributed by atoms with E-state index in [1.165, 1.54) is 13.0 Å². The van der Waals surface area contributed by atoms with E-state index in [9.17, 15) is 18.0 Å². The number of benzene rings is 1. The molecule has 4 atom stereocenters. The first kappa shape index (κ1) is 19.4. The Balaban J connectivity index is 1.76. The van der Waals surface area contributed by atoms with Crippen LogP contribution in [0.25, 0.3) is 0 Å². The lowest BCUT2D eigenvalue weighted by Gasteiger charge is -2.48. The maximum Gasteiger partial charge on any atom is 0.446 e. The minimum atomic E-state index is -4.68. The highest BCUT2D eigenvalue weighted by molar-refractivity contribution is 7.81. The lowest BCUT2D eigenvalue weighted by Crippen LogP contribution is -2.42. The zero-order chi connectivity index (χ0) is 20.3. The van der Waals surface area contributed by atoms with Crippen molar-refractivity contribution in [3.8, 4) is 11.5 Å². The molecule has 1 aromatic rings. The predicted octanol–water partition coefficient (Wildman–Crippen LogP) is 3.22. The van der Waals surface area contributed by atoms with Gasteiger partial charge in [0.25, 0.3) is 0 Å². The molecule has 0 aliphatic heterocycles. The number of hydrogen-bond acceptors (Lipinski definition) is 6. The van der Waals surface area contributed by atoms with Crippen molar-refractivity contribution in [2.45, 2.75) is 58.3 Å². The summed E-state index contributed by atoms with van der Waals surface area (Å²) in [6.07, 6.45) is 4.73. The molecular formula is C20H24O7S. The first-order valence-corrected chi connectivity index (χ1v) is 11.0. The van der Waals surface area contributed by atoms with Crippen LogP contribution in [-0.4, -0.2) is 24.7 Å². The molecule has 4 rings (SSSR count). The summed E-state index contributed by atoms with van der Waals surface area (Å²) in [6, 6.07) is 2.95. The fraction of sp³-hybridized carbons (Fsp3) is 0.600. The summed E-state index contributed by atoms with van der Waals surface area (Å²) in [5, 5.41) is 0. The normalized spacial score (nSPS) is 31.5. The molecule has 0 spiro atoms. The van der Waals surface area contributed by atoms with E-state index in [1.54, 1.807) is 6.07 Å². The van der Waals surface area contributed by atoms with E-state index in [-0.39, 0.29) is 22.8 Å². The smallest absolute Gasteiger partial charge is 0.426 e. The molecule has 2 saturated carbocycles. The van der Waals surface area contributed by atoms with Crippen LogP contribution in [0.5, 0.6) is 11.5 Å². The molecule has 152 valence electrons. The third-order valence-electron chi connectivity index (χ3n) is 6.92. The molecule has 0 saturated heterocycles. The second kappa shape index (κ2) is 6.56. The van der Waals surface area contributed by atoms with Gasteiger partial charge >= 0.3 is 16.4 Å². The zero-order valence-corrected chi connectivity index (χ0v) is 16.8. The van der Waals surface area contributed by atoms with Crippen LogP contribution in [0.4, 0.5) is 0 Å². The van der Waals surface area contributed by atoms with Gasteiger partial charge in [0.2, 0.25) is 0 Å². The number of Topliss-reactive ketones (excluding diaryl/α,β-unsaturated/α-hetero) is 1. The van der Waals surface area contributed by atoms with Crippen LogP contribution >= 0.6 is 0 Å². The number of hydrogen-bond donors (Lipinski definition) is 1. The van der Waals surface area contributed by atoms with Crippen LogP contribution in [0.1, 0.15) is 63.0 Å². The summed E-state index contributed by atoms with van der Waals surface area (Å²) in [5.41, 5.74) is 1.52. The molecule has 8 heteroatoms. The topological polar surface area (TPSA) is 107 Å². The maximum absolute atomic E-state index is 12.5. The van der Waals surface area contributed by atoms with Gasteiger partial charge in [0.1, 0.15) is 17.3 Å². The van der Waals surface area contributed by atoms with Gasteiger partial charge < -0.3 is 8.92 Å². The number of ketones is 1. The molecular weight excluding hydrogens is 384 g/mol. The summed E-state index contributed by atoms with van der Waals surface area (Å²) < 4.78 is 41.3. The highest BCUT2D eigenvalue weighted by Gasteiger charge is 2.55. The monoisotopic (exact) mass is 408 g/mol. The van der Waals surface area contributed by atoms with Gasteiger partial charge in [0.15, 0.2) is 0 Å². The minimum Gasteiger partial charge on any atom is -0.426 e. The van der Waals surface area contributed by atoms with E-state index in [1.807, 2.05) is 0 Å². The molecule has 3 aliphatic rings. The molecule has 0 amide bonds. The van der Waals surface area contributed by atoms with Crippen LogP contribution in [0, 0.1) is 17.3 Å².